The molecule has 1 amide bonds. The number of rotatable bonds is 6. The average molecular weight is 365 g/mol. The lowest BCUT2D eigenvalue weighted by Crippen LogP contribution is -2.26. The third-order valence-corrected chi connectivity index (χ3v) is 6.30. The first-order valence-electron chi connectivity index (χ1n) is 8.54. The van der Waals surface area contributed by atoms with Crippen LogP contribution < -0.4 is 5.32 Å². The molecule has 1 aliphatic rings. The van der Waals surface area contributed by atoms with E-state index in [0.29, 0.717) is 17.1 Å². The summed E-state index contributed by atoms with van der Waals surface area (Å²) in [6.07, 6.45) is 3.26. The van der Waals surface area contributed by atoms with Crippen molar-refractivity contribution in [1.82, 2.24) is 15.1 Å². The highest BCUT2D eigenvalue weighted by atomic mass is 32.1. The van der Waals surface area contributed by atoms with E-state index in [2.05, 4.69) is 40.3 Å². The monoisotopic (exact) mass is 364 g/mol. The normalized spacial score (nSPS) is 18.4. The molecule has 1 atom stereocenters. The minimum Gasteiger partial charge on any atom is -0.296 e. The van der Waals surface area contributed by atoms with Crippen LogP contribution in [0.25, 0.3) is 0 Å². The Balaban J connectivity index is 1.67. The average Bonchev–Trinajstić information content (AvgIpc) is 3.25. The van der Waals surface area contributed by atoms with Crippen LogP contribution in [0.1, 0.15) is 59.2 Å². The van der Waals surface area contributed by atoms with Gasteiger partial charge in [-0.1, -0.05) is 32.1 Å². The number of anilines is 1. The summed E-state index contributed by atoms with van der Waals surface area (Å²) in [7, 11) is 0. The molecule has 3 heterocycles. The first-order chi connectivity index (χ1) is 11.6. The number of carbonyl (C=O) groups excluding carboxylic acids is 1. The van der Waals surface area contributed by atoms with Gasteiger partial charge in [-0.3, -0.25) is 15.0 Å². The van der Waals surface area contributed by atoms with Crippen molar-refractivity contribution in [2.75, 3.05) is 18.4 Å². The van der Waals surface area contributed by atoms with Crippen molar-refractivity contribution in [2.45, 2.75) is 46.1 Å². The predicted octanol–water partition coefficient (Wildman–Crippen LogP) is 4.21. The predicted molar refractivity (Wildman–Crippen MR) is 99.9 cm³/mol. The van der Waals surface area contributed by atoms with Crippen molar-refractivity contribution in [1.29, 1.82) is 0 Å². The Morgan fingerprint density at radius 1 is 1.38 bits per heavy atom. The maximum Gasteiger partial charge on any atom is 0.267 e. The van der Waals surface area contributed by atoms with Crippen molar-refractivity contribution in [3.05, 3.63) is 26.9 Å². The molecule has 130 valence electrons. The van der Waals surface area contributed by atoms with Gasteiger partial charge in [0.25, 0.3) is 5.91 Å². The van der Waals surface area contributed by atoms with E-state index in [1.54, 1.807) is 11.3 Å². The fourth-order valence-electron chi connectivity index (χ4n) is 3.10. The van der Waals surface area contributed by atoms with Crippen molar-refractivity contribution >= 4 is 33.7 Å². The van der Waals surface area contributed by atoms with Crippen LogP contribution in [0, 0.1) is 5.92 Å². The first-order valence-corrected chi connectivity index (χ1v) is 10.2. The van der Waals surface area contributed by atoms with Crippen LogP contribution in [0.3, 0.4) is 0 Å². The number of amides is 1. The van der Waals surface area contributed by atoms with Crippen molar-refractivity contribution in [3.8, 4) is 0 Å². The Bertz CT molecular complexity index is 694. The number of hydrogen-bond donors (Lipinski definition) is 1. The van der Waals surface area contributed by atoms with Gasteiger partial charge in [-0.25, -0.2) is 0 Å². The highest BCUT2D eigenvalue weighted by molar-refractivity contribution is 7.16. The molecule has 0 unspecified atom stereocenters. The van der Waals surface area contributed by atoms with Gasteiger partial charge in [0.2, 0.25) is 5.13 Å². The lowest BCUT2D eigenvalue weighted by atomic mass is 10.1. The Labute approximate surface area is 151 Å². The second kappa shape index (κ2) is 7.72. The van der Waals surface area contributed by atoms with E-state index >= 15 is 0 Å². The molecule has 1 saturated heterocycles. The molecule has 2 aromatic rings. The zero-order valence-corrected chi connectivity index (χ0v) is 16.0. The smallest absolute Gasteiger partial charge is 0.267 e. The summed E-state index contributed by atoms with van der Waals surface area (Å²) < 4.78 is 0. The van der Waals surface area contributed by atoms with E-state index in [1.807, 2.05) is 13.0 Å². The standard InChI is InChI=1S/C17H24N4OS2/c1-4-15-19-20-17(24-15)18-16(22)14-8-7-13(23-14)12-6-5-9-21(12)10-11(2)3/h7-8,11-12H,4-6,9-10H2,1-3H3,(H,18,20,22)/t12-/m0/s1. The maximum atomic E-state index is 12.4. The van der Waals surface area contributed by atoms with E-state index < -0.39 is 0 Å². The molecule has 0 bridgehead atoms. The Hall–Kier alpha value is -1.31. The second-order valence-corrected chi connectivity index (χ2v) is 8.73. The van der Waals surface area contributed by atoms with Crippen LogP contribution in [0.4, 0.5) is 5.13 Å². The lowest BCUT2D eigenvalue weighted by Gasteiger charge is -2.25. The summed E-state index contributed by atoms with van der Waals surface area (Å²) >= 11 is 3.04. The largest absolute Gasteiger partial charge is 0.296 e. The molecular formula is C17H24N4OS2. The lowest BCUT2D eigenvalue weighted by molar-refractivity contribution is 0.103. The van der Waals surface area contributed by atoms with Gasteiger partial charge in [-0.05, 0) is 43.9 Å². The van der Waals surface area contributed by atoms with Crippen LogP contribution >= 0.6 is 22.7 Å². The molecule has 1 fully saturated rings. The van der Waals surface area contributed by atoms with E-state index in [9.17, 15) is 4.79 Å². The molecule has 1 aliphatic heterocycles. The minimum atomic E-state index is -0.0848. The van der Waals surface area contributed by atoms with Gasteiger partial charge in [0.05, 0.1) is 4.88 Å². The summed E-state index contributed by atoms with van der Waals surface area (Å²) in [5.74, 6) is 0.581. The zero-order chi connectivity index (χ0) is 17.1. The van der Waals surface area contributed by atoms with Crippen LogP contribution in [0.15, 0.2) is 12.1 Å². The van der Waals surface area contributed by atoms with Crippen molar-refractivity contribution < 1.29 is 4.79 Å². The van der Waals surface area contributed by atoms with Gasteiger partial charge in [0.15, 0.2) is 0 Å². The molecule has 0 saturated carbocycles. The van der Waals surface area contributed by atoms with Gasteiger partial charge < -0.3 is 0 Å². The SMILES string of the molecule is CCc1nnc(NC(=O)c2ccc([C@@H]3CCCN3CC(C)C)s2)s1. The molecule has 5 nitrogen and oxygen atoms in total. The third-order valence-electron chi connectivity index (χ3n) is 4.13. The van der Waals surface area contributed by atoms with Gasteiger partial charge in [-0.2, -0.15) is 0 Å². The molecule has 7 heteroatoms. The molecule has 24 heavy (non-hydrogen) atoms. The zero-order valence-electron chi connectivity index (χ0n) is 14.4. The summed E-state index contributed by atoms with van der Waals surface area (Å²) in [6, 6.07) is 4.51. The van der Waals surface area contributed by atoms with Gasteiger partial charge in [0.1, 0.15) is 5.01 Å². The van der Waals surface area contributed by atoms with E-state index in [0.717, 1.165) is 29.4 Å². The third kappa shape index (κ3) is 4.02. The molecule has 0 aliphatic carbocycles. The number of nitrogens with zero attached hydrogens (tertiary/aromatic N) is 3. The van der Waals surface area contributed by atoms with Gasteiger partial charge in [-0.15, -0.1) is 21.5 Å². The number of hydrogen-bond acceptors (Lipinski definition) is 6. The summed E-state index contributed by atoms with van der Waals surface area (Å²) in [5, 5.41) is 12.4. The second-order valence-electron chi connectivity index (χ2n) is 6.56. The number of thiophene rings is 1. The quantitative estimate of drug-likeness (QED) is 0.834. The van der Waals surface area contributed by atoms with Crippen molar-refractivity contribution in [3.63, 3.8) is 0 Å². The summed E-state index contributed by atoms with van der Waals surface area (Å²) in [5.41, 5.74) is 0. The molecule has 2 aromatic heterocycles. The van der Waals surface area contributed by atoms with Gasteiger partial charge in [0, 0.05) is 17.5 Å². The number of nitrogens with one attached hydrogen (secondary N) is 1. The van der Waals surface area contributed by atoms with Gasteiger partial charge >= 0.3 is 0 Å². The first kappa shape index (κ1) is 17.5. The highest BCUT2D eigenvalue weighted by Crippen LogP contribution is 2.36. The maximum absolute atomic E-state index is 12.4. The number of aryl methyl sites for hydroxylation is 1. The molecule has 0 radical (unpaired) electrons. The summed E-state index contributed by atoms with van der Waals surface area (Å²) in [6.45, 7) is 8.83. The van der Waals surface area contributed by atoms with Crippen LogP contribution in [-0.4, -0.2) is 34.1 Å². The van der Waals surface area contributed by atoms with E-state index in [1.165, 1.54) is 29.1 Å². The van der Waals surface area contributed by atoms with Crippen molar-refractivity contribution in [2.24, 2.45) is 5.92 Å². The molecular weight excluding hydrogens is 340 g/mol. The van der Waals surface area contributed by atoms with Crippen LogP contribution in [-0.2, 0) is 6.42 Å². The Morgan fingerprint density at radius 3 is 2.92 bits per heavy atom. The minimum absolute atomic E-state index is 0.0848. The fraction of sp³-hybridized carbons (Fsp3) is 0.588. The number of aromatic nitrogens is 2. The number of carbonyl (C=O) groups is 1. The van der Waals surface area contributed by atoms with Crippen LogP contribution in [0.5, 0.6) is 0 Å². The Morgan fingerprint density at radius 2 is 2.21 bits per heavy atom. The van der Waals surface area contributed by atoms with E-state index in [-0.39, 0.29) is 5.91 Å². The summed E-state index contributed by atoms with van der Waals surface area (Å²) in [4.78, 5) is 17.0. The fourth-order valence-corrected chi connectivity index (χ4v) is 4.84. The number of likely N-dealkylation sites (tertiary alicyclic amines) is 1. The molecule has 0 aromatic carbocycles. The highest BCUT2D eigenvalue weighted by Gasteiger charge is 2.28. The molecule has 0 spiro atoms. The Kier molecular flexibility index (Phi) is 5.63. The molecule has 3 rings (SSSR count). The van der Waals surface area contributed by atoms with Crippen LogP contribution in [0.2, 0.25) is 0 Å². The van der Waals surface area contributed by atoms with E-state index in [4.69, 9.17) is 0 Å². The topological polar surface area (TPSA) is 58.1 Å². The molecule has 1 N–H and O–H groups in total.